The molecule has 0 bridgehead atoms. The summed E-state index contributed by atoms with van der Waals surface area (Å²) >= 11 is 0. The number of fused-ring (bicyclic) bond motifs is 3. The van der Waals surface area contributed by atoms with Gasteiger partial charge in [-0.2, -0.15) is 10.5 Å². The first-order chi connectivity index (χ1) is 23.7. The highest BCUT2D eigenvalue weighted by atomic mass is 28.3. The smallest absolute Gasteiger partial charge is 0.179 e. The number of rotatable bonds is 6. The highest BCUT2D eigenvalue weighted by Gasteiger charge is 2.41. The maximum absolute atomic E-state index is 9.98. The first-order valence-electron chi connectivity index (χ1n) is 16.0. The number of para-hydroxylation sites is 2. The quantitative estimate of drug-likeness (QED) is 0.141. The average molecular weight is 628 g/mol. The van der Waals surface area contributed by atoms with Gasteiger partial charge >= 0.3 is 0 Å². The molecule has 7 aromatic carbocycles. The van der Waals surface area contributed by atoms with Gasteiger partial charge in [-0.25, -0.2) is 0 Å². The third-order valence-electron chi connectivity index (χ3n) is 9.39. The maximum atomic E-state index is 9.98. The van der Waals surface area contributed by atoms with Crippen molar-refractivity contribution in [2.45, 2.75) is 0 Å². The van der Waals surface area contributed by atoms with Crippen molar-refractivity contribution in [3.8, 4) is 29.0 Å². The molecule has 0 saturated carbocycles. The highest BCUT2D eigenvalue weighted by molar-refractivity contribution is 7.19. The number of hydrogen-bond acceptors (Lipinski definition) is 2. The van der Waals surface area contributed by atoms with Crippen molar-refractivity contribution in [1.82, 2.24) is 4.57 Å². The normalized spacial score (nSPS) is 11.3. The minimum atomic E-state index is -2.88. The summed E-state index contributed by atoms with van der Waals surface area (Å²) in [6.07, 6.45) is 0. The van der Waals surface area contributed by atoms with Crippen LogP contribution in [0.25, 0.3) is 38.6 Å². The molecule has 224 valence electrons. The lowest BCUT2D eigenvalue weighted by atomic mass is 10.0. The number of hydrogen-bond donors (Lipinski definition) is 0. The Bertz CT molecular complexity index is 2500. The second-order valence-corrected chi connectivity index (χ2v) is 15.8. The van der Waals surface area contributed by atoms with Crippen molar-refractivity contribution in [2.75, 3.05) is 0 Å². The molecule has 8 aromatic rings. The van der Waals surface area contributed by atoms with Crippen LogP contribution in [0.1, 0.15) is 11.1 Å². The van der Waals surface area contributed by atoms with E-state index in [1.165, 1.54) is 20.7 Å². The molecule has 0 atom stereocenters. The second kappa shape index (κ2) is 12.0. The van der Waals surface area contributed by atoms with E-state index in [-0.39, 0.29) is 0 Å². The van der Waals surface area contributed by atoms with E-state index in [0.717, 1.165) is 38.6 Å². The van der Waals surface area contributed by atoms with Crippen LogP contribution < -0.4 is 20.7 Å². The van der Waals surface area contributed by atoms with E-state index in [4.69, 9.17) is 0 Å². The van der Waals surface area contributed by atoms with Crippen LogP contribution in [0, 0.1) is 22.7 Å². The molecule has 0 radical (unpaired) electrons. The third kappa shape index (κ3) is 4.64. The average Bonchev–Trinajstić information content (AvgIpc) is 3.50. The fraction of sp³-hybridized carbons (Fsp3) is 0. The molecule has 4 heteroatoms. The summed E-state index contributed by atoms with van der Waals surface area (Å²) < 4.78 is 2.32. The van der Waals surface area contributed by atoms with Crippen molar-refractivity contribution < 1.29 is 0 Å². The van der Waals surface area contributed by atoms with E-state index in [1.807, 2.05) is 24.3 Å². The Morgan fingerprint density at radius 2 is 0.979 bits per heavy atom. The molecule has 0 spiro atoms. The lowest BCUT2D eigenvalue weighted by Crippen LogP contribution is -2.74. The molecule has 0 fully saturated rings. The monoisotopic (exact) mass is 627 g/mol. The number of benzene rings is 7. The summed E-state index contributed by atoms with van der Waals surface area (Å²) in [6.45, 7) is 0. The van der Waals surface area contributed by atoms with Gasteiger partial charge in [-0.05, 0) is 68.8 Å². The van der Waals surface area contributed by atoms with Gasteiger partial charge in [-0.15, -0.1) is 0 Å². The van der Waals surface area contributed by atoms with Crippen LogP contribution in [0.2, 0.25) is 0 Å². The second-order valence-electron chi connectivity index (χ2n) is 12.0. The summed E-state index contributed by atoms with van der Waals surface area (Å²) in [5.74, 6) is 0. The van der Waals surface area contributed by atoms with Crippen molar-refractivity contribution in [3.63, 3.8) is 0 Å². The Labute approximate surface area is 280 Å². The van der Waals surface area contributed by atoms with E-state index in [1.54, 1.807) is 0 Å². The summed E-state index contributed by atoms with van der Waals surface area (Å²) in [5, 5.41) is 26.8. The molecule has 0 aliphatic rings. The largest absolute Gasteiger partial charge is 0.309 e. The standard InChI is InChI=1S/C44H29N3Si/c45-30-32-13-11-19-37(27-32)48(35-15-3-1-4-16-35,36-17-5-2-6-18-36)38-20-12-14-34(29-38)39-21-7-9-23-42(39)47-43-24-10-8-22-40(43)41-28-33(31-46)25-26-44(41)47/h1-29H. The van der Waals surface area contributed by atoms with Crippen LogP contribution in [-0.2, 0) is 0 Å². The van der Waals surface area contributed by atoms with Gasteiger partial charge in [0.05, 0.1) is 40.0 Å². The Hall–Kier alpha value is -6.46. The zero-order valence-corrected chi connectivity index (χ0v) is 27.1. The molecule has 0 N–H and O–H groups in total. The topological polar surface area (TPSA) is 52.5 Å². The number of nitriles is 2. The Balaban J connectivity index is 1.42. The number of nitrogens with zero attached hydrogens (tertiary/aromatic N) is 3. The lowest BCUT2D eigenvalue weighted by Gasteiger charge is -2.35. The van der Waals surface area contributed by atoms with Crippen LogP contribution in [0.5, 0.6) is 0 Å². The third-order valence-corrected chi connectivity index (χ3v) is 14.1. The fourth-order valence-corrected chi connectivity index (χ4v) is 12.2. The summed E-state index contributed by atoms with van der Waals surface area (Å²) in [5.41, 5.74) is 6.76. The molecule has 0 aliphatic carbocycles. The number of aromatic nitrogens is 1. The van der Waals surface area contributed by atoms with Gasteiger partial charge in [-0.1, -0.05) is 133 Å². The van der Waals surface area contributed by atoms with Crippen LogP contribution in [0.3, 0.4) is 0 Å². The van der Waals surface area contributed by atoms with Gasteiger partial charge in [0.1, 0.15) is 0 Å². The fourth-order valence-electron chi connectivity index (χ4n) is 7.33. The summed E-state index contributed by atoms with van der Waals surface area (Å²) in [4.78, 5) is 0. The maximum Gasteiger partial charge on any atom is 0.179 e. The molecule has 48 heavy (non-hydrogen) atoms. The SMILES string of the molecule is N#Cc1cccc([Si](c2ccccc2)(c2ccccc2)c2cccc(-c3ccccc3-n3c4ccccc4c4cc(C#N)ccc43)c2)c1. The van der Waals surface area contributed by atoms with Gasteiger partial charge < -0.3 is 4.57 Å². The van der Waals surface area contributed by atoms with Gasteiger partial charge in [0.25, 0.3) is 0 Å². The van der Waals surface area contributed by atoms with Gasteiger partial charge in [-0.3, -0.25) is 0 Å². The predicted molar refractivity (Wildman–Crippen MR) is 199 cm³/mol. The Morgan fingerprint density at radius 1 is 0.417 bits per heavy atom. The predicted octanol–water partition coefficient (Wildman–Crippen LogP) is 7.57. The van der Waals surface area contributed by atoms with Crippen molar-refractivity contribution in [3.05, 3.63) is 187 Å². The first kappa shape index (κ1) is 29.0. The van der Waals surface area contributed by atoms with Crippen molar-refractivity contribution in [1.29, 1.82) is 10.5 Å². The molecule has 0 amide bonds. The van der Waals surface area contributed by atoms with Gasteiger partial charge in [0, 0.05) is 16.3 Å². The van der Waals surface area contributed by atoms with E-state index >= 15 is 0 Å². The molecule has 0 aliphatic heterocycles. The molecule has 1 aromatic heterocycles. The molecule has 0 unspecified atom stereocenters. The van der Waals surface area contributed by atoms with Crippen LogP contribution in [0.4, 0.5) is 0 Å². The van der Waals surface area contributed by atoms with Crippen molar-refractivity contribution in [2.24, 2.45) is 0 Å². The molecule has 3 nitrogen and oxygen atoms in total. The molecule has 1 heterocycles. The van der Waals surface area contributed by atoms with E-state index in [2.05, 4.69) is 168 Å². The first-order valence-corrected chi connectivity index (χ1v) is 18.0. The zero-order valence-electron chi connectivity index (χ0n) is 26.1. The summed E-state index contributed by atoms with van der Waals surface area (Å²) in [7, 11) is -2.88. The molecule has 0 saturated heterocycles. The molecular weight excluding hydrogens is 599 g/mol. The highest BCUT2D eigenvalue weighted by Crippen LogP contribution is 2.36. The van der Waals surface area contributed by atoms with Crippen molar-refractivity contribution >= 4 is 50.6 Å². The minimum Gasteiger partial charge on any atom is -0.309 e. The summed E-state index contributed by atoms with van der Waals surface area (Å²) in [6, 6.07) is 66.4. The van der Waals surface area contributed by atoms with Gasteiger partial charge in [0.15, 0.2) is 8.07 Å². The van der Waals surface area contributed by atoms with E-state index in [0.29, 0.717) is 11.1 Å². The Morgan fingerprint density at radius 3 is 1.71 bits per heavy atom. The minimum absolute atomic E-state index is 0.648. The molecular formula is C44H29N3Si. The van der Waals surface area contributed by atoms with Gasteiger partial charge in [0.2, 0.25) is 0 Å². The van der Waals surface area contributed by atoms with E-state index in [9.17, 15) is 10.5 Å². The molecule has 8 rings (SSSR count). The van der Waals surface area contributed by atoms with Crippen LogP contribution in [0.15, 0.2) is 176 Å². The van der Waals surface area contributed by atoms with Crippen LogP contribution in [-0.4, -0.2) is 12.6 Å². The van der Waals surface area contributed by atoms with E-state index < -0.39 is 8.07 Å². The zero-order chi connectivity index (χ0) is 32.5. The van der Waals surface area contributed by atoms with Crippen LogP contribution >= 0.6 is 0 Å². The Kier molecular flexibility index (Phi) is 7.27. The lowest BCUT2D eigenvalue weighted by molar-refractivity contribution is 1.18.